The highest BCUT2D eigenvalue weighted by atomic mass is 16.5. The summed E-state index contributed by atoms with van der Waals surface area (Å²) in [5.41, 5.74) is 0.101. The molecule has 0 saturated carbocycles. The van der Waals surface area contributed by atoms with Crippen LogP contribution >= 0.6 is 0 Å². The monoisotopic (exact) mass is 423 g/mol. The second-order valence-electron chi connectivity index (χ2n) is 7.53. The standard InChI is InChI=1S/C24H25NO6/c1-15-23(31-17-7-4-3-5-8-17)22(26)20-11-10-18(13-21(20)30-15)29-16(2)24(27)25-14-19-9-6-12-28-19/h3-5,7-8,10-11,13,16,19H,6,9,12,14H2,1-2H3,(H,25,27)/t16-,19-/m1/s1. The molecule has 7 heteroatoms. The van der Waals surface area contributed by atoms with Crippen LogP contribution in [0.1, 0.15) is 25.5 Å². The molecule has 1 aromatic heterocycles. The number of amides is 1. The van der Waals surface area contributed by atoms with E-state index in [0.717, 1.165) is 19.4 Å². The van der Waals surface area contributed by atoms with E-state index < -0.39 is 6.10 Å². The normalized spacial score (nSPS) is 16.8. The molecule has 4 rings (SSSR count). The summed E-state index contributed by atoms with van der Waals surface area (Å²) in [7, 11) is 0. The Kier molecular flexibility index (Phi) is 6.23. The topological polar surface area (TPSA) is 87.0 Å². The number of carbonyl (C=O) groups excluding carboxylic acids is 1. The predicted octanol–water partition coefficient (Wildman–Crippen LogP) is 3.96. The molecule has 0 bridgehead atoms. The molecular weight excluding hydrogens is 398 g/mol. The number of nitrogens with one attached hydrogen (secondary N) is 1. The van der Waals surface area contributed by atoms with Gasteiger partial charge in [0.25, 0.3) is 5.91 Å². The molecule has 31 heavy (non-hydrogen) atoms. The fraction of sp³-hybridized carbons (Fsp3) is 0.333. The van der Waals surface area contributed by atoms with Gasteiger partial charge >= 0.3 is 0 Å². The summed E-state index contributed by atoms with van der Waals surface area (Å²) < 4.78 is 22.8. The molecule has 0 unspecified atom stereocenters. The zero-order valence-corrected chi connectivity index (χ0v) is 17.6. The number of benzene rings is 2. The van der Waals surface area contributed by atoms with E-state index in [1.165, 1.54) is 0 Å². The van der Waals surface area contributed by atoms with Crippen LogP contribution in [0.3, 0.4) is 0 Å². The van der Waals surface area contributed by atoms with Crippen LogP contribution in [0.4, 0.5) is 0 Å². The van der Waals surface area contributed by atoms with E-state index in [2.05, 4.69) is 5.32 Å². The van der Waals surface area contributed by atoms with Gasteiger partial charge in [0.2, 0.25) is 11.2 Å². The van der Waals surface area contributed by atoms with Gasteiger partial charge in [-0.05, 0) is 51.0 Å². The van der Waals surface area contributed by atoms with Gasteiger partial charge in [-0.1, -0.05) is 18.2 Å². The van der Waals surface area contributed by atoms with Crippen molar-refractivity contribution >= 4 is 16.9 Å². The fourth-order valence-electron chi connectivity index (χ4n) is 3.49. The van der Waals surface area contributed by atoms with Gasteiger partial charge in [-0.25, -0.2) is 0 Å². The average molecular weight is 423 g/mol. The molecular formula is C24H25NO6. The summed E-state index contributed by atoms with van der Waals surface area (Å²) in [6.07, 6.45) is 1.34. The average Bonchev–Trinajstić information content (AvgIpc) is 3.29. The lowest BCUT2D eigenvalue weighted by molar-refractivity contribution is -0.127. The van der Waals surface area contributed by atoms with Crippen LogP contribution in [0, 0.1) is 6.92 Å². The summed E-state index contributed by atoms with van der Waals surface area (Å²) in [4.78, 5) is 25.2. The van der Waals surface area contributed by atoms with Crippen molar-refractivity contribution in [2.24, 2.45) is 0 Å². The van der Waals surface area contributed by atoms with Crippen LogP contribution in [-0.4, -0.2) is 31.3 Å². The first-order chi connectivity index (χ1) is 15.0. The van der Waals surface area contributed by atoms with E-state index in [1.807, 2.05) is 18.2 Å². The molecule has 3 aromatic rings. The lowest BCUT2D eigenvalue weighted by atomic mass is 10.2. The number of para-hydroxylation sites is 1. The van der Waals surface area contributed by atoms with Crippen LogP contribution < -0.4 is 20.2 Å². The largest absolute Gasteiger partial charge is 0.481 e. The van der Waals surface area contributed by atoms with Crippen LogP contribution in [-0.2, 0) is 9.53 Å². The van der Waals surface area contributed by atoms with Crippen molar-refractivity contribution in [2.45, 2.75) is 38.9 Å². The molecule has 1 aliphatic rings. The van der Waals surface area contributed by atoms with Gasteiger partial charge in [0.05, 0.1) is 11.5 Å². The van der Waals surface area contributed by atoms with Crippen molar-refractivity contribution in [1.82, 2.24) is 5.32 Å². The van der Waals surface area contributed by atoms with E-state index in [-0.39, 0.29) is 23.2 Å². The highest BCUT2D eigenvalue weighted by molar-refractivity contribution is 5.82. The number of rotatable bonds is 7. The Bertz CT molecular complexity index is 1120. The zero-order chi connectivity index (χ0) is 21.8. The van der Waals surface area contributed by atoms with Crippen molar-refractivity contribution in [1.29, 1.82) is 0 Å². The van der Waals surface area contributed by atoms with Gasteiger partial charge < -0.3 is 23.9 Å². The van der Waals surface area contributed by atoms with Crippen molar-refractivity contribution < 1.29 is 23.4 Å². The maximum absolute atomic E-state index is 12.9. The molecule has 2 atom stereocenters. The third-order valence-electron chi connectivity index (χ3n) is 5.16. The summed E-state index contributed by atoms with van der Waals surface area (Å²) in [6.45, 7) is 4.57. The quantitative estimate of drug-likeness (QED) is 0.619. The van der Waals surface area contributed by atoms with Crippen LogP contribution in [0.15, 0.2) is 57.7 Å². The van der Waals surface area contributed by atoms with Gasteiger partial charge in [-0.2, -0.15) is 0 Å². The second-order valence-corrected chi connectivity index (χ2v) is 7.53. The first-order valence-corrected chi connectivity index (χ1v) is 10.4. The highest BCUT2D eigenvalue weighted by Gasteiger charge is 2.20. The van der Waals surface area contributed by atoms with Crippen LogP contribution in [0.25, 0.3) is 11.0 Å². The Labute approximate surface area is 179 Å². The van der Waals surface area contributed by atoms with E-state index in [9.17, 15) is 9.59 Å². The summed E-state index contributed by atoms with van der Waals surface area (Å²) >= 11 is 0. The van der Waals surface area contributed by atoms with Gasteiger partial charge in [-0.15, -0.1) is 0 Å². The molecule has 0 aliphatic carbocycles. The van der Waals surface area contributed by atoms with E-state index in [0.29, 0.717) is 34.8 Å². The van der Waals surface area contributed by atoms with Gasteiger partial charge in [0.15, 0.2) is 6.10 Å². The third-order valence-corrected chi connectivity index (χ3v) is 5.16. The number of aryl methyl sites for hydroxylation is 1. The molecule has 0 spiro atoms. The fourth-order valence-corrected chi connectivity index (χ4v) is 3.49. The SMILES string of the molecule is Cc1oc2cc(O[C@H](C)C(=O)NC[C@H]3CCCO3)ccc2c(=O)c1Oc1ccccc1. The number of hydrogen-bond donors (Lipinski definition) is 1. The maximum Gasteiger partial charge on any atom is 0.260 e. The molecule has 1 fully saturated rings. The second kappa shape index (κ2) is 9.22. The number of ether oxygens (including phenoxy) is 3. The van der Waals surface area contributed by atoms with E-state index >= 15 is 0 Å². The first kappa shape index (κ1) is 20.9. The Morgan fingerprint density at radius 1 is 1.19 bits per heavy atom. The van der Waals surface area contributed by atoms with E-state index in [4.69, 9.17) is 18.6 Å². The van der Waals surface area contributed by atoms with E-state index in [1.54, 1.807) is 44.2 Å². The summed E-state index contributed by atoms with van der Waals surface area (Å²) in [6, 6.07) is 13.9. The van der Waals surface area contributed by atoms with Crippen molar-refractivity contribution in [3.8, 4) is 17.2 Å². The minimum absolute atomic E-state index is 0.0707. The van der Waals surface area contributed by atoms with Crippen molar-refractivity contribution in [3.05, 3.63) is 64.5 Å². The summed E-state index contributed by atoms with van der Waals surface area (Å²) in [5.74, 6) is 1.28. The molecule has 2 heterocycles. The van der Waals surface area contributed by atoms with Crippen molar-refractivity contribution in [2.75, 3.05) is 13.2 Å². The van der Waals surface area contributed by atoms with Crippen LogP contribution in [0.2, 0.25) is 0 Å². The van der Waals surface area contributed by atoms with Gasteiger partial charge in [0, 0.05) is 19.2 Å². The molecule has 1 N–H and O–H groups in total. The van der Waals surface area contributed by atoms with Crippen molar-refractivity contribution in [3.63, 3.8) is 0 Å². The molecule has 1 amide bonds. The minimum atomic E-state index is -0.702. The number of hydrogen-bond acceptors (Lipinski definition) is 6. The Balaban J connectivity index is 1.48. The zero-order valence-electron chi connectivity index (χ0n) is 17.6. The number of carbonyl (C=O) groups is 1. The first-order valence-electron chi connectivity index (χ1n) is 10.4. The lowest BCUT2D eigenvalue weighted by Crippen LogP contribution is -2.40. The lowest BCUT2D eigenvalue weighted by Gasteiger charge is -2.17. The third kappa shape index (κ3) is 4.88. The predicted molar refractivity (Wildman–Crippen MR) is 116 cm³/mol. The Morgan fingerprint density at radius 2 is 2.00 bits per heavy atom. The molecule has 1 saturated heterocycles. The van der Waals surface area contributed by atoms with Gasteiger partial charge in [0.1, 0.15) is 22.8 Å². The molecule has 7 nitrogen and oxygen atoms in total. The van der Waals surface area contributed by atoms with Gasteiger partial charge in [-0.3, -0.25) is 9.59 Å². The molecule has 1 aliphatic heterocycles. The summed E-state index contributed by atoms with van der Waals surface area (Å²) in [5, 5.41) is 3.23. The molecule has 0 radical (unpaired) electrons. The Morgan fingerprint density at radius 3 is 2.74 bits per heavy atom. The molecule has 162 valence electrons. The highest BCUT2D eigenvalue weighted by Crippen LogP contribution is 2.27. The van der Waals surface area contributed by atoms with Crippen LogP contribution in [0.5, 0.6) is 17.2 Å². The number of fused-ring (bicyclic) bond motifs is 1. The molecule has 2 aromatic carbocycles. The minimum Gasteiger partial charge on any atom is -0.481 e. The Hall–Kier alpha value is -3.32. The smallest absolute Gasteiger partial charge is 0.260 e. The maximum atomic E-state index is 12.9.